The third kappa shape index (κ3) is 4.63. The van der Waals surface area contributed by atoms with Crippen LogP contribution in [0.25, 0.3) is 0 Å². The summed E-state index contributed by atoms with van der Waals surface area (Å²) in [6.07, 6.45) is 0.582. The van der Waals surface area contributed by atoms with Crippen molar-refractivity contribution in [2.24, 2.45) is 0 Å². The fraction of sp³-hybridized carbons (Fsp3) is 0.353. The van der Waals surface area contributed by atoms with Gasteiger partial charge in [0.25, 0.3) is 0 Å². The van der Waals surface area contributed by atoms with Crippen molar-refractivity contribution in [3.05, 3.63) is 59.5 Å². The van der Waals surface area contributed by atoms with Crippen LogP contribution >= 0.6 is 0 Å². The molecule has 5 heteroatoms. The molecule has 0 aliphatic heterocycles. The van der Waals surface area contributed by atoms with Gasteiger partial charge >= 0.3 is 6.03 Å². The Labute approximate surface area is 130 Å². The molecule has 118 valence electrons. The highest BCUT2D eigenvalue weighted by atomic mass is 16.3. The number of hydrogen-bond donors (Lipinski definition) is 3. The summed E-state index contributed by atoms with van der Waals surface area (Å²) in [4.78, 5) is 12.0. The summed E-state index contributed by atoms with van der Waals surface area (Å²) < 4.78 is 5.48. The van der Waals surface area contributed by atoms with E-state index in [2.05, 4.69) is 10.6 Å². The van der Waals surface area contributed by atoms with Gasteiger partial charge in [-0.25, -0.2) is 4.79 Å². The number of hydrogen-bond acceptors (Lipinski definition) is 3. The Kier molecular flexibility index (Phi) is 5.61. The van der Waals surface area contributed by atoms with E-state index in [0.717, 1.165) is 11.3 Å². The molecule has 0 aliphatic rings. The van der Waals surface area contributed by atoms with Crippen LogP contribution in [-0.4, -0.2) is 23.8 Å². The van der Waals surface area contributed by atoms with E-state index in [-0.39, 0.29) is 24.7 Å². The maximum absolute atomic E-state index is 12.0. The van der Waals surface area contributed by atoms with Crippen molar-refractivity contribution in [3.63, 3.8) is 0 Å². The van der Waals surface area contributed by atoms with E-state index in [0.29, 0.717) is 12.2 Å². The molecular weight excluding hydrogens is 280 g/mol. The van der Waals surface area contributed by atoms with Crippen LogP contribution < -0.4 is 10.6 Å². The summed E-state index contributed by atoms with van der Waals surface area (Å²) in [5.41, 5.74) is 1.07. The number of nitrogens with one attached hydrogen (secondary N) is 2. The minimum Gasteiger partial charge on any atom is -0.464 e. The Morgan fingerprint density at radius 1 is 1.18 bits per heavy atom. The summed E-state index contributed by atoms with van der Waals surface area (Å²) in [6, 6.07) is 12.6. The molecule has 1 aromatic heterocycles. The smallest absolute Gasteiger partial charge is 0.315 e. The molecule has 22 heavy (non-hydrogen) atoms. The predicted octanol–water partition coefficient (Wildman–Crippen LogP) is 2.55. The highest BCUT2D eigenvalue weighted by molar-refractivity contribution is 5.74. The van der Waals surface area contributed by atoms with Gasteiger partial charge in [-0.2, -0.15) is 0 Å². The number of carbonyl (C=O) groups is 1. The first-order chi connectivity index (χ1) is 10.6. The fourth-order valence-corrected chi connectivity index (χ4v) is 2.24. The van der Waals surface area contributed by atoms with E-state index >= 15 is 0 Å². The van der Waals surface area contributed by atoms with Gasteiger partial charge in [-0.3, -0.25) is 0 Å². The van der Waals surface area contributed by atoms with Crippen molar-refractivity contribution in [3.8, 4) is 0 Å². The van der Waals surface area contributed by atoms with Crippen molar-refractivity contribution in [1.82, 2.24) is 10.6 Å². The van der Waals surface area contributed by atoms with E-state index in [1.807, 2.05) is 56.3 Å². The molecule has 0 saturated heterocycles. The zero-order chi connectivity index (χ0) is 15.9. The standard InChI is InChI=1S/C17H22N2O3/c1-12-8-9-16(22-12)13(2)18-17(21)19-15(11-20)10-14-6-4-3-5-7-14/h3-9,13,15,20H,10-11H2,1-2H3,(H2,18,19,21)/t13-,15-/m0/s1. The molecule has 0 spiro atoms. The molecule has 2 aromatic rings. The number of aryl methyl sites for hydroxylation is 1. The zero-order valence-corrected chi connectivity index (χ0v) is 12.9. The van der Waals surface area contributed by atoms with Gasteiger partial charge < -0.3 is 20.2 Å². The number of rotatable bonds is 6. The van der Waals surface area contributed by atoms with Gasteiger partial charge in [0.05, 0.1) is 18.7 Å². The van der Waals surface area contributed by atoms with Crippen LogP contribution in [0.2, 0.25) is 0 Å². The maximum Gasteiger partial charge on any atom is 0.315 e. The Balaban J connectivity index is 1.86. The van der Waals surface area contributed by atoms with Crippen LogP contribution in [-0.2, 0) is 6.42 Å². The van der Waals surface area contributed by atoms with Crippen molar-refractivity contribution in [2.75, 3.05) is 6.61 Å². The quantitative estimate of drug-likeness (QED) is 0.767. The molecule has 0 unspecified atom stereocenters. The molecule has 0 radical (unpaired) electrons. The van der Waals surface area contributed by atoms with Crippen LogP contribution in [0.4, 0.5) is 4.79 Å². The van der Waals surface area contributed by atoms with Gasteiger partial charge in [-0.1, -0.05) is 30.3 Å². The van der Waals surface area contributed by atoms with E-state index in [1.165, 1.54) is 0 Å². The van der Waals surface area contributed by atoms with Crippen LogP contribution in [0, 0.1) is 6.92 Å². The third-order valence-electron chi connectivity index (χ3n) is 3.42. The highest BCUT2D eigenvalue weighted by Gasteiger charge is 2.16. The van der Waals surface area contributed by atoms with E-state index in [1.54, 1.807) is 0 Å². The van der Waals surface area contributed by atoms with Crippen LogP contribution in [0.1, 0.15) is 30.0 Å². The van der Waals surface area contributed by atoms with E-state index in [4.69, 9.17) is 4.42 Å². The second-order valence-electron chi connectivity index (χ2n) is 5.36. The van der Waals surface area contributed by atoms with Gasteiger partial charge in [0.2, 0.25) is 0 Å². The summed E-state index contributed by atoms with van der Waals surface area (Å²) in [5, 5.41) is 15.0. The minimum absolute atomic E-state index is 0.115. The molecule has 2 amide bonds. The lowest BCUT2D eigenvalue weighted by molar-refractivity contribution is 0.212. The summed E-state index contributed by atoms with van der Waals surface area (Å²) in [7, 11) is 0. The molecule has 0 bridgehead atoms. The van der Waals surface area contributed by atoms with Crippen LogP contribution in [0.5, 0.6) is 0 Å². The van der Waals surface area contributed by atoms with Crippen molar-refractivity contribution < 1.29 is 14.3 Å². The molecule has 3 N–H and O–H groups in total. The number of aliphatic hydroxyl groups excluding tert-OH is 1. The topological polar surface area (TPSA) is 74.5 Å². The molecule has 0 fully saturated rings. The van der Waals surface area contributed by atoms with Gasteiger partial charge in [0.1, 0.15) is 11.5 Å². The lowest BCUT2D eigenvalue weighted by Gasteiger charge is -2.19. The molecule has 2 atom stereocenters. The van der Waals surface area contributed by atoms with Crippen LogP contribution in [0.15, 0.2) is 46.9 Å². The van der Waals surface area contributed by atoms with Crippen molar-refractivity contribution in [1.29, 1.82) is 0 Å². The molecule has 0 saturated carbocycles. The lowest BCUT2D eigenvalue weighted by atomic mass is 10.1. The first kappa shape index (κ1) is 16.1. The Morgan fingerprint density at radius 3 is 2.50 bits per heavy atom. The first-order valence-corrected chi connectivity index (χ1v) is 7.36. The van der Waals surface area contributed by atoms with Crippen molar-refractivity contribution >= 4 is 6.03 Å². The second kappa shape index (κ2) is 7.66. The number of urea groups is 1. The number of benzene rings is 1. The minimum atomic E-state index is -0.326. The normalized spacial score (nSPS) is 13.4. The zero-order valence-electron chi connectivity index (χ0n) is 12.9. The molecule has 5 nitrogen and oxygen atoms in total. The molecule has 1 heterocycles. The average molecular weight is 302 g/mol. The van der Waals surface area contributed by atoms with Gasteiger partial charge in [-0.05, 0) is 38.0 Å². The van der Waals surface area contributed by atoms with Crippen molar-refractivity contribution in [2.45, 2.75) is 32.4 Å². The molecule has 1 aromatic carbocycles. The largest absolute Gasteiger partial charge is 0.464 e. The lowest BCUT2D eigenvalue weighted by Crippen LogP contribution is -2.45. The van der Waals surface area contributed by atoms with Gasteiger partial charge in [0, 0.05) is 0 Å². The van der Waals surface area contributed by atoms with E-state index in [9.17, 15) is 9.90 Å². The average Bonchev–Trinajstić information content (AvgIpc) is 2.94. The maximum atomic E-state index is 12.0. The third-order valence-corrected chi connectivity index (χ3v) is 3.42. The molecular formula is C17H22N2O3. The van der Waals surface area contributed by atoms with E-state index < -0.39 is 0 Å². The molecule has 2 rings (SSSR count). The highest BCUT2D eigenvalue weighted by Crippen LogP contribution is 2.15. The summed E-state index contributed by atoms with van der Waals surface area (Å²) >= 11 is 0. The number of furan rings is 1. The Hall–Kier alpha value is -2.27. The SMILES string of the molecule is Cc1ccc([C@H](C)NC(=O)N[C@H](CO)Cc2ccccc2)o1. The summed E-state index contributed by atoms with van der Waals surface area (Å²) in [6.45, 7) is 3.59. The first-order valence-electron chi connectivity index (χ1n) is 7.36. The second-order valence-corrected chi connectivity index (χ2v) is 5.36. The fourth-order valence-electron chi connectivity index (χ4n) is 2.24. The van der Waals surface area contributed by atoms with Gasteiger partial charge in [-0.15, -0.1) is 0 Å². The Bertz CT molecular complexity index is 595. The molecule has 0 aliphatic carbocycles. The number of aliphatic hydroxyl groups is 1. The summed E-state index contributed by atoms with van der Waals surface area (Å²) in [5.74, 6) is 1.51. The number of carbonyl (C=O) groups excluding carboxylic acids is 1. The number of amides is 2. The van der Waals surface area contributed by atoms with Crippen LogP contribution in [0.3, 0.4) is 0 Å². The Morgan fingerprint density at radius 2 is 1.91 bits per heavy atom. The van der Waals surface area contributed by atoms with Gasteiger partial charge in [0.15, 0.2) is 0 Å². The monoisotopic (exact) mass is 302 g/mol. The predicted molar refractivity (Wildman–Crippen MR) is 84.5 cm³/mol.